The van der Waals surface area contributed by atoms with Gasteiger partial charge in [-0.3, -0.25) is 9.52 Å². The quantitative estimate of drug-likeness (QED) is 0.420. The third-order valence-electron chi connectivity index (χ3n) is 4.32. The summed E-state index contributed by atoms with van der Waals surface area (Å²) >= 11 is 0. The minimum atomic E-state index is -3.87. The van der Waals surface area contributed by atoms with Crippen LogP contribution in [0.25, 0.3) is 0 Å². The van der Waals surface area contributed by atoms with Gasteiger partial charge in [-0.25, -0.2) is 21.8 Å². The van der Waals surface area contributed by atoms with E-state index >= 15 is 0 Å². The number of carbonyl (C=O) groups excluding carboxylic acids is 1. The highest BCUT2D eigenvalue weighted by Gasteiger charge is 2.17. The van der Waals surface area contributed by atoms with Crippen molar-refractivity contribution < 1.29 is 21.6 Å². The SMILES string of the molecule is C#CCNS(=O)(=O)c1cccc(C(=O)Nc2ccc(S(=O)(=O)Nc3cccc(C)n3)cc2)c1. The summed E-state index contributed by atoms with van der Waals surface area (Å²) in [5, 5.41) is 2.60. The third-order valence-corrected chi connectivity index (χ3v) is 7.09. The predicted molar refractivity (Wildman–Crippen MR) is 125 cm³/mol. The van der Waals surface area contributed by atoms with Crippen LogP contribution in [0.15, 0.2) is 76.5 Å². The molecule has 0 aliphatic carbocycles. The Morgan fingerprint density at radius 2 is 1.64 bits per heavy atom. The molecule has 0 unspecified atom stereocenters. The number of terminal acetylenes is 1. The summed E-state index contributed by atoms with van der Waals surface area (Å²) < 4.78 is 54.1. The van der Waals surface area contributed by atoms with Crippen LogP contribution in [0.2, 0.25) is 0 Å². The maximum absolute atomic E-state index is 12.6. The van der Waals surface area contributed by atoms with Gasteiger partial charge in [0.25, 0.3) is 15.9 Å². The molecule has 3 N–H and O–H groups in total. The molecule has 9 nitrogen and oxygen atoms in total. The Morgan fingerprint density at radius 1 is 0.939 bits per heavy atom. The van der Waals surface area contributed by atoms with E-state index in [1.807, 2.05) is 0 Å². The summed E-state index contributed by atoms with van der Waals surface area (Å²) in [6.45, 7) is 1.57. The molecule has 0 atom stereocenters. The number of benzene rings is 2. The summed E-state index contributed by atoms with van der Waals surface area (Å²) in [5.41, 5.74) is 1.09. The molecule has 0 saturated carbocycles. The lowest BCUT2D eigenvalue weighted by molar-refractivity contribution is 0.102. The summed E-state index contributed by atoms with van der Waals surface area (Å²) in [6.07, 6.45) is 5.07. The first-order valence-electron chi connectivity index (χ1n) is 9.52. The van der Waals surface area contributed by atoms with E-state index in [0.717, 1.165) is 0 Å². The van der Waals surface area contributed by atoms with Crippen molar-refractivity contribution in [1.29, 1.82) is 0 Å². The number of nitrogens with one attached hydrogen (secondary N) is 3. The smallest absolute Gasteiger partial charge is 0.263 e. The van der Waals surface area contributed by atoms with Crippen LogP contribution in [0.5, 0.6) is 0 Å². The molecule has 11 heteroatoms. The molecule has 3 aromatic rings. The molecule has 0 fully saturated rings. The number of hydrogen-bond acceptors (Lipinski definition) is 6. The molecule has 0 spiro atoms. The van der Waals surface area contributed by atoms with Gasteiger partial charge in [0.2, 0.25) is 10.0 Å². The van der Waals surface area contributed by atoms with E-state index in [1.165, 1.54) is 54.6 Å². The molecule has 33 heavy (non-hydrogen) atoms. The first-order valence-corrected chi connectivity index (χ1v) is 12.5. The summed E-state index contributed by atoms with van der Waals surface area (Å²) in [6, 6.07) is 15.9. The minimum Gasteiger partial charge on any atom is -0.322 e. The van der Waals surface area contributed by atoms with Gasteiger partial charge < -0.3 is 5.32 Å². The fraction of sp³-hybridized carbons (Fsp3) is 0.0909. The predicted octanol–water partition coefficient (Wildman–Crippen LogP) is 2.35. The van der Waals surface area contributed by atoms with Crippen molar-refractivity contribution in [1.82, 2.24) is 9.71 Å². The lowest BCUT2D eigenvalue weighted by Crippen LogP contribution is -2.24. The van der Waals surface area contributed by atoms with Crippen LogP contribution in [-0.4, -0.2) is 34.3 Å². The first-order chi connectivity index (χ1) is 15.6. The van der Waals surface area contributed by atoms with Crippen LogP contribution in [0.1, 0.15) is 16.1 Å². The van der Waals surface area contributed by atoms with Crippen molar-refractivity contribution in [3.05, 3.63) is 78.0 Å². The van der Waals surface area contributed by atoms with E-state index in [2.05, 4.69) is 25.7 Å². The monoisotopic (exact) mass is 484 g/mol. The van der Waals surface area contributed by atoms with Gasteiger partial charge in [0, 0.05) is 16.9 Å². The zero-order valence-corrected chi connectivity index (χ0v) is 19.1. The summed E-state index contributed by atoms with van der Waals surface area (Å²) in [5.74, 6) is 1.80. The highest BCUT2D eigenvalue weighted by molar-refractivity contribution is 7.92. The van der Waals surface area contributed by atoms with Crippen molar-refractivity contribution in [3.63, 3.8) is 0 Å². The van der Waals surface area contributed by atoms with E-state index in [1.54, 1.807) is 19.1 Å². The standard InChI is InChI=1S/C22H20N4O5S2/c1-3-14-23-32(28,29)20-8-5-7-17(15-20)22(27)25-18-10-12-19(13-11-18)33(30,31)26-21-9-4-6-16(2)24-21/h1,4-13,15,23H,14H2,2H3,(H,24,26)(H,25,27). The van der Waals surface area contributed by atoms with Crippen molar-refractivity contribution in [3.8, 4) is 12.3 Å². The second-order valence-electron chi connectivity index (χ2n) is 6.80. The third kappa shape index (κ3) is 6.17. The number of amides is 1. The van der Waals surface area contributed by atoms with E-state index in [4.69, 9.17) is 6.42 Å². The van der Waals surface area contributed by atoms with Gasteiger partial charge in [-0.1, -0.05) is 18.1 Å². The van der Waals surface area contributed by atoms with Crippen molar-refractivity contribution >= 4 is 37.5 Å². The molecule has 1 amide bonds. The molecule has 1 heterocycles. The van der Waals surface area contributed by atoms with Crippen molar-refractivity contribution in [2.45, 2.75) is 16.7 Å². The molecule has 0 aliphatic rings. The number of rotatable bonds is 8. The van der Waals surface area contributed by atoms with Gasteiger partial charge >= 0.3 is 0 Å². The van der Waals surface area contributed by atoms with Crippen LogP contribution in [-0.2, 0) is 20.0 Å². The minimum absolute atomic E-state index is 0.0171. The second kappa shape index (κ2) is 9.83. The van der Waals surface area contributed by atoms with Crippen LogP contribution >= 0.6 is 0 Å². The number of anilines is 2. The van der Waals surface area contributed by atoms with E-state index in [0.29, 0.717) is 11.4 Å². The van der Waals surface area contributed by atoms with Gasteiger partial charge in [0.1, 0.15) is 5.82 Å². The average molecular weight is 485 g/mol. The molecule has 0 bridgehead atoms. The summed E-state index contributed by atoms with van der Waals surface area (Å²) in [7, 11) is -7.72. The van der Waals surface area contributed by atoms with E-state index in [-0.39, 0.29) is 27.7 Å². The zero-order chi connectivity index (χ0) is 24.1. The van der Waals surface area contributed by atoms with E-state index in [9.17, 15) is 21.6 Å². The van der Waals surface area contributed by atoms with E-state index < -0.39 is 26.0 Å². The molecule has 0 saturated heterocycles. The highest BCUT2D eigenvalue weighted by Crippen LogP contribution is 2.19. The fourth-order valence-corrected chi connectivity index (χ4v) is 4.72. The van der Waals surface area contributed by atoms with Crippen LogP contribution in [0.4, 0.5) is 11.5 Å². The Bertz CT molecular complexity index is 1430. The molecular formula is C22H20N4O5S2. The highest BCUT2D eigenvalue weighted by atomic mass is 32.2. The Hall–Kier alpha value is -3.72. The first kappa shape index (κ1) is 23.9. The molecule has 170 valence electrons. The largest absolute Gasteiger partial charge is 0.322 e. The number of nitrogens with zero attached hydrogens (tertiary/aromatic N) is 1. The van der Waals surface area contributed by atoms with Crippen molar-refractivity contribution in [2.24, 2.45) is 0 Å². The van der Waals surface area contributed by atoms with Gasteiger partial charge in [-0.15, -0.1) is 6.42 Å². The van der Waals surface area contributed by atoms with Crippen molar-refractivity contribution in [2.75, 3.05) is 16.6 Å². The number of sulfonamides is 2. The number of aromatic nitrogens is 1. The van der Waals surface area contributed by atoms with Gasteiger partial charge in [0.15, 0.2) is 0 Å². The lowest BCUT2D eigenvalue weighted by atomic mass is 10.2. The Kier molecular flexibility index (Phi) is 7.13. The molecule has 1 aromatic heterocycles. The zero-order valence-electron chi connectivity index (χ0n) is 17.4. The van der Waals surface area contributed by atoms with Crippen LogP contribution < -0.4 is 14.8 Å². The fourth-order valence-electron chi connectivity index (χ4n) is 2.74. The topological polar surface area (TPSA) is 134 Å². The molecule has 0 radical (unpaired) electrons. The maximum atomic E-state index is 12.6. The van der Waals surface area contributed by atoms with Crippen LogP contribution in [0.3, 0.4) is 0 Å². The Balaban J connectivity index is 1.73. The second-order valence-corrected chi connectivity index (χ2v) is 10.3. The molecule has 3 rings (SSSR count). The number of carbonyl (C=O) groups is 1. The van der Waals surface area contributed by atoms with Crippen LogP contribution in [0, 0.1) is 19.3 Å². The molecule has 2 aromatic carbocycles. The number of pyridine rings is 1. The molecule has 0 aliphatic heterocycles. The van der Waals surface area contributed by atoms with Gasteiger partial charge in [-0.2, -0.15) is 4.72 Å². The maximum Gasteiger partial charge on any atom is 0.263 e. The van der Waals surface area contributed by atoms with Gasteiger partial charge in [-0.05, 0) is 61.5 Å². The summed E-state index contributed by atoms with van der Waals surface area (Å²) in [4.78, 5) is 16.5. The van der Waals surface area contributed by atoms with Gasteiger partial charge in [0.05, 0.1) is 16.3 Å². The lowest BCUT2D eigenvalue weighted by Gasteiger charge is -2.10. The Morgan fingerprint density at radius 3 is 2.30 bits per heavy atom. The number of hydrogen-bond donors (Lipinski definition) is 3. The number of aryl methyl sites for hydroxylation is 1. The normalized spacial score (nSPS) is 11.4. The average Bonchev–Trinajstić information content (AvgIpc) is 2.78. The molecular weight excluding hydrogens is 464 g/mol. The Labute approximate surface area is 192 Å².